The van der Waals surface area contributed by atoms with Gasteiger partial charge in [0.05, 0.1) is 11.6 Å². The minimum atomic E-state index is 0.0258. The summed E-state index contributed by atoms with van der Waals surface area (Å²) in [5, 5.41) is 7.34. The molecular weight excluding hydrogens is 270 g/mol. The quantitative estimate of drug-likeness (QED) is 0.882. The molecule has 1 aromatic heterocycles. The van der Waals surface area contributed by atoms with Crippen molar-refractivity contribution in [1.29, 1.82) is 0 Å². The van der Waals surface area contributed by atoms with E-state index in [-0.39, 0.29) is 5.91 Å². The van der Waals surface area contributed by atoms with Crippen LogP contribution in [0.2, 0.25) is 0 Å². The predicted octanol–water partition coefficient (Wildman–Crippen LogP) is 3.72. The Bertz CT molecular complexity index is 607. The summed E-state index contributed by atoms with van der Waals surface area (Å²) in [7, 11) is 0. The van der Waals surface area contributed by atoms with Crippen molar-refractivity contribution in [1.82, 2.24) is 4.98 Å². The lowest BCUT2D eigenvalue weighted by Gasteiger charge is -2.11. The van der Waals surface area contributed by atoms with E-state index in [1.807, 2.05) is 45.2 Å². The SMILES string of the molecule is CCC(=O)Nc1ccc(C)c(NCc2cnc(C)s2)c1. The number of hydrogen-bond acceptors (Lipinski definition) is 4. The molecule has 0 aliphatic rings. The van der Waals surface area contributed by atoms with E-state index < -0.39 is 0 Å². The van der Waals surface area contributed by atoms with Gasteiger partial charge in [-0.15, -0.1) is 11.3 Å². The third-order valence-corrected chi connectivity index (χ3v) is 3.88. The summed E-state index contributed by atoms with van der Waals surface area (Å²) in [6.07, 6.45) is 2.38. The van der Waals surface area contributed by atoms with Gasteiger partial charge in [-0.1, -0.05) is 13.0 Å². The molecule has 2 aromatic rings. The van der Waals surface area contributed by atoms with Crippen LogP contribution >= 0.6 is 11.3 Å². The first-order valence-corrected chi connectivity index (χ1v) is 7.46. The zero-order valence-electron chi connectivity index (χ0n) is 12.0. The molecule has 0 saturated carbocycles. The Labute approximate surface area is 123 Å². The number of aryl methyl sites for hydroxylation is 2. The topological polar surface area (TPSA) is 54.0 Å². The van der Waals surface area contributed by atoms with Gasteiger partial charge < -0.3 is 10.6 Å². The molecule has 0 bridgehead atoms. The van der Waals surface area contributed by atoms with Crippen LogP contribution in [-0.4, -0.2) is 10.9 Å². The number of amides is 1. The molecule has 0 aliphatic carbocycles. The number of carbonyl (C=O) groups excluding carboxylic acids is 1. The lowest BCUT2D eigenvalue weighted by Crippen LogP contribution is -2.10. The second kappa shape index (κ2) is 6.52. The van der Waals surface area contributed by atoms with Crippen molar-refractivity contribution in [3.8, 4) is 0 Å². The number of thiazole rings is 1. The number of anilines is 2. The summed E-state index contributed by atoms with van der Waals surface area (Å²) in [5.41, 5.74) is 3.01. The van der Waals surface area contributed by atoms with Gasteiger partial charge in [0.2, 0.25) is 5.91 Å². The van der Waals surface area contributed by atoms with Crippen molar-refractivity contribution < 1.29 is 4.79 Å². The van der Waals surface area contributed by atoms with Crippen LogP contribution in [0.4, 0.5) is 11.4 Å². The molecule has 0 unspecified atom stereocenters. The largest absolute Gasteiger partial charge is 0.380 e. The molecule has 2 N–H and O–H groups in total. The van der Waals surface area contributed by atoms with Gasteiger partial charge in [-0.3, -0.25) is 4.79 Å². The van der Waals surface area contributed by atoms with Gasteiger partial charge in [0.15, 0.2) is 0 Å². The summed E-state index contributed by atoms with van der Waals surface area (Å²) in [6.45, 7) is 6.64. The maximum absolute atomic E-state index is 11.4. The van der Waals surface area contributed by atoms with E-state index in [0.717, 1.165) is 28.5 Å². The Morgan fingerprint density at radius 3 is 2.80 bits per heavy atom. The van der Waals surface area contributed by atoms with Crippen LogP contribution in [0.1, 0.15) is 28.8 Å². The van der Waals surface area contributed by atoms with Crippen molar-refractivity contribution in [2.75, 3.05) is 10.6 Å². The Morgan fingerprint density at radius 1 is 1.35 bits per heavy atom. The highest BCUT2D eigenvalue weighted by Gasteiger charge is 2.04. The minimum absolute atomic E-state index is 0.0258. The Kier molecular flexibility index (Phi) is 4.74. The molecule has 0 aliphatic heterocycles. The third-order valence-electron chi connectivity index (χ3n) is 2.96. The monoisotopic (exact) mass is 289 g/mol. The van der Waals surface area contributed by atoms with Crippen LogP contribution in [0.25, 0.3) is 0 Å². The van der Waals surface area contributed by atoms with Gasteiger partial charge in [-0.25, -0.2) is 4.98 Å². The van der Waals surface area contributed by atoms with E-state index in [4.69, 9.17) is 0 Å². The van der Waals surface area contributed by atoms with E-state index in [2.05, 4.69) is 15.6 Å². The number of aromatic nitrogens is 1. The van der Waals surface area contributed by atoms with E-state index >= 15 is 0 Å². The minimum Gasteiger partial charge on any atom is -0.380 e. The molecule has 0 radical (unpaired) electrons. The van der Waals surface area contributed by atoms with Crippen molar-refractivity contribution in [2.45, 2.75) is 33.7 Å². The number of benzene rings is 1. The van der Waals surface area contributed by atoms with Gasteiger partial charge >= 0.3 is 0 Å². The highest BCUT2D eigenvalue weighted by atomic mass is 32.1. The molecule has 0 fully saturated rings. The first-order valence-electron chi connectivity index (χ1n) is 6.64. The summed E-state index contributed by atoms with van der Waals surface area (Å²) < 4.78 is 0. The molecule has 1 heterocycles. The number of nitrogens with zero attached hydrogens (tertiary/aromatic N) is 1. The average Bonchev–Trinajstić information content (AvgIpc) is 2.85. The van der Waals surface area contributed by atoms with Crippen LogP contribution in [0.3, 0.4) is 0 Å². The molecule has 106 valence electrons. The molecule has 4 nitrogen and oxygen atoms in total. The van der Waals surface area contributed by atoms with Gasteiger partial charge in [-0.2, -0.15) is 0 Å². The highest BCUT2D eigenvalue weighted by Crippen LogP contribution is 2.22. The van der Waals surface area contributed by atoms with Crippen molar-refractivity contribution in [3.05, 3.63) is 39.8 Å². The maximum atomic E-state index is 11.4. The van der Waals surface area contributed by atoms with Gasteiger partial charge in [0.25, 0.3) is 0 Å². The lowest BCUT2D eigenvalue weighted by atomic mass is 10.1. The Balaban J connectivity index is 2.06. The normalized spacial score (nSPS) is 10.3. The van der Waals surface area contributed by atoms with E-state index in [9.17, 15) is 4.79 Å². The van der Waals surface area contributed by atoms with E-state index in [0.29, 0.717) is 6.42 Å². The van der Waals surface area contributed by atoms with Crippen LogP contribution < -0.4 is 10.6 Å². The summed E-state index contributed by atoms with van der Waals surface area (Å²) in [4.78, 5) is 16.9. The van der Waals surface area contributed by atoms with Crippen LogP contribution in [0.5, 0.6) is 0 Å². The molecule has 0 saturated heterocycles. The van der Waals surface area contributed by atoms with Crippen LogP contribution in [0.15, 0.2) is 24.4 Å². The van der Waals surface area contributed by atoms with E-state index in [1.165, 1.54) is 4.88 Å². The van der Waals surface area contributed by atoms with E-state index in [1.54, 1.807) is 11.3 Å². The molecule has 0 atom stereocenters. The molecule has 1 aromatic carbocycles. The number of rotatable bonds is 5. The van der Waals surface area contributed by atoms with Crippen molar-refractivity contribution in [2.24, 2.45) is 0 Å². The van der Waals surface area contributed by atoms with Gasteiger partial charge in [0, 0.05) is 28.9 Å². The highest BCUT2D eigenvalue weighted by molar-refractivity contribution is 7.11. The molecule has 0 spiro atoms. The predicted molar refractivity (Wildman–Crippen MR) is 84.3 cm³/mol. The number of hydrogen-bond donors (Lipinski definition) is 2. The summed E-state index contributed by atoms with van der Waals surface area (Å²) >= 11 is 1.69. The average molecular weight is 289 g/mol. The summed E-state index contributed by atoms with van der Waals surface area (Å²) in [5.74, 6) is 0.0258. The zero-order valence-corrected chi connectivity index (χ0v) is 12.8. The zero-order chi connectivity index (χ0) is 14.5. The van der Waals surface area contributed by atoms with Gasteiger partial charge in [0.1, 0.15) is 0 Å². The molecule has 2 rings (SSSR count). The molecule has 1 amide bonds. The van der Waals surface area contributed by atoms with Crippen LogP contribution in [-0.2, 0) is 11.3 Å². The number of nitrogens with one attached hydrogen (secondary N) is 2. The van der Waals surface area contributed by atoms with Crippen LogP contribution in [0, 0.1) is 13.8 Å². The Hall–Kier alpha value is -1.88. The molecule has 20 heavy (non-hydrogen) atoms. The first kappa shape index (κ1) is 14.5. The smallest absolute Gasteiger partial charge is 0.224 e. The molecule has 5 heteroatoms. The molecular formula is C15H19N3OS. The first-order chi connectivity index (χ1) is 9.58. The fourth-order valence-electron chi connectivity index (χ4n) is 1.81. The standard InChI is InChI=1S/C15H19N3OS/c1-4-15(19)18-12-6-5-10(2)14(7-12)17-9-13-8-16-11(3)20-13/h5-8,17H,4,9H2,1-3H3,(H,18,19). The van der Waals surface area contributed by atoms with Crippen molar-refractivity contribution in [3.63, 3.8) is 0 Å². The Morgan fingerprint density at radius 2 is 2.15 bits per heavy atom. The number of carbonyl (C=O) groups is 1. The fourth-order valence-corrected chi connectivity index (χ4v) is 2.54. The summed E-state index contributed by atoms with van der Waals surface area (Å²) in [6, 6.07) is 5.90. The third kappa shape index (κ3) is 3.81. The fraction of sp³-hybridized carbons (Fsp3) is 0.333. The second-order valence-corrected chi connectivity index (χ2v) is 5.95. The van der Waals surface area contributed by atoms with Crippen molar-refractivity contribution >= 4 is 28.6 Å². The lowest BCUT2D eigenvalue weighted by molar-refractivity contribution is -0.115. The maximum Gasteiger partial charge on any atom is 0.224 e. The van der Waals surface area contributed by atoms with Gasteiger partial charge in [-0.05, 0) is 31.5 Å². The second-order valence-electron chi connectivity index (χ2n) is 4.63.